The Morgan fingerprint density at radius 2 is 2.00 bits per heavy atom. The van der Waals surface area contributed by atoms with Crippen LogP contribution in [-0.4, -0.2) is 21.0 Å². The SMILES string of the molecule is O=C(O)c1cn[c]nc1C12CCC(CC1)CC2. The van der Waals surface area contributed by atoms with Gasteiger partial charge in [0, 0.05) is 11.6 Å². The van der Waals surface area contributed by atoms with E-state index < -0.39 is 5.97 Å². The van der Waals surface area contributed by atoms with Crippen molar-refractivity contribution in [1.29, 1.82) is 0 Å². The highest BCUT2D eigenvalue weighted by molar-refractivity contribution is 5.88. The monoisotopic (exact) mass is 231 g/mol. The summed E-state index contributed by atoms with van der Waals surface area (Å²) in [6.45, 7) is 0. The highest BCUT2D eigenvalue weighted by atomic mass is 16.4. The van der Waals surface area contributed by atoms with Crippen LogP contribution >= 0.6 is 0 Å². The maximum atomic E-state index is 11.2. The summed E-state index contributed by atoms with van der Waals surface area (Å²) in [7, 11) is 0. The van der Waals surface area contributed by atoms with E-state index in [9.17, 15) is 9.90 Å². The molecule has 3 fully saturated rings. The Balaban J connectivity index is 2.05. The van der Waals surface area contributed by atoms with Gasteiger partial charge in [0.2, 0.25) is 0 Å². The number of hydrogen-bond acceptors (Lipinski definition) is 3. The van der Waals surface area contributed by atoms with Gasteiger partial charge in [0.15, 0.2) is 6.33 Å². The fourth-order valence-corrected chi connectivity index (χ4v) is 3.46. The molecule has 0 atom stereocenters. The van der Waals surface area contributed by atoms with E-state index in [1.54, 1.807) is 0 Å². The van der Waals surface area contributed by atoms with Crippen molar-refractivity contribution in [3.05, 3.63) is 23.8 Å². The van der Waals surface area contributed by atoms with Gasteiger partial charge in [-0.1, -0.05) is 0 Å². The predicted molar refractivity (Wildman–Crippen MR) is 60.7 cm³/mol. The molecular weight excluding hydrogens is 216 g/mol. The quantitative estimate of drug-likeness (QED) is 0.847. The fraction of sp³-hybridized carbons (Fsp3) is 0.615. The molecule has 0 saturated heterocycles. The Morgan fingerprint density at radius 1 is 1.35 bits per heavy atom. The molecule has 1 aromatic rings. The van der Waals surface area contributed by atoms with Crippen LogP contribution in [0.4, 0.5) is 0 Å². The molecule has 1 heterocycles. The second kappa shape index (κ2) is 3.79. The molecule has 89 valence electrons. The maximum Gasteiger partial charge on any atom is 0.339 e. The molecule has 0 spiro atoms. The van der Waals surface area contributed by atoms with Crippen molar-refractivity contribution in [2.24, 2.45) is 5.92 Å². The summed E-state index contributed by atoms with van der Waals surface area (Å²) >= 11 is 0. The minimum Gasteiger partial charge on any atom is -0.478 e. The lowest BCUT2D eigenvalue weighted by molar-refractivity contribution is 0.0684. The molecule has 0 unspecified atom stereocenters. The maximum absolute atomic E-state index is 11.2. The summed E-state index contributed by atoms with van der Waals surface area (Å²) in [5, 5.41) is 9.23. The van der Waals surface area contributed by atoms with Crippen LogP contribution in [0.5, 0.6) is 0 Å². The van der Waals surface area contributed by atoms with Crippen LogP contribution in [0.25, 0.3) is 0 Å². The number of carboxylic acids is 1. The van der Waals surface area contributed by atoms with Gasteiger partial charge in [-0.2, -0.15) is 0 Å². The molecule has 17 heavy (non-hydrogen) atoms. The van der Waals surface area contributed by atoms with E-state index >= 15 is 0 Å². The molecule has 4 nitrogen and oxygen atoms in total. The normalized spacial score (nSPS) is 31.4. The first-order valence-corrected chi connectivity index (χ1v) is 6.18. The number of aromatic nitrogens is 2. The van der Waals surface area contributed by atoms with Gasteiger partial charge >= 0.3 is 5.97 Å². The van der Waals surface area contributed by atoms with Gasteiger partial charge in [0.25, 0.3) is 0 Å². The van der Waals surface area contributed by atoms with Crippen LogP contribution in [0.2, 0.25) is 0 Å². The van der Waals surface area contributed by atoms with E-state index in [2.05, 4.69) is 16.3 Å². The van der Waals surface area contributed by atoms with Crippen LogP contribution < -0.4 is 0 Å². The van der Waals surface area contributed by atoms with Gasteiger partial charge in [-0.3, -0.25) is 0 Å². The van der Waals surface area contributed by atoms with Crippen LogP contribution in [0, 0.1) is 12.2 Å². The largest absolute Gasteiger partial charge is 0.478 e. The third kappa shape index (κ3) is 1.63. The zero-order valence-corrected chi connectivity index (χ0v) is 9.65. The Bertz CT molecular complexity index is 437. The lowest BCUT2D eigenvalue weighted by atomic mass is 9.59. The molecule has 4 rings (SSSR count). The number of aromatic carboxylic acids is 1. The summed E-state index contributed by atoms with van der Waals surface area (Å²) < 4.78 is 0. The summed E-state index contributed by atoms with van der Waals surface area (Å²) in [4.78, 5) is 19.1. The average molecular weight is 231 g/mol. The number of nitrogens with zero attached hydrogens (tertiary/aromatic N) is 2. The molecule has 1 radical (unpaired) electrons. The highest BCUT2D eigenvalue weighted by Gasteiger charge is 2.44. The van der Waals surface area contributed by atoms with Gasteiger partial charge in [-0.25, -0.2) is 14.8 Å². The number of rotatable bonds is 2. The molecular formula is C13H15N2O2. The smallest absolute Gasteiger partial charge is 0.339 e. The zero-order valence-electron chi connectivity index (χ0n) is 9.65. The number of carboxylic acid groups (broad SMARTS) is 1. The van der Waals surface area contributed by atoms with Gasteiger partial charge in [0.05, 0.1) is 11.3 Å². The number of carbonyl (C=O) groups is 1. The van der Waals surface area contributed by atoms with E-state index in [0.717, 1.165) is 30.9 Å². The highest BCUT2D eigenvalue weighted by Crippen LogP contribution is 2.51. The Hall–Kier alpha value is -1.45. The lowest BCUT2D eigenvalue weighted by Gasteiger charge is -2.46. The summed E-state index contributed by atoms with van der Waals surface area (Å²) in [5.74, 6) is -0.0629. The number of fused-ring (bicyclic) bond motifs is 3. The molecule has 3 aliphatic rings. The van der Waals surface area contributed by atoms with E-state index in [1.165, 1.54) is 25.5 Å². The van der Waals surface area contributed by atoms with Crippen LogP contribution in [0.15, 0.2) is 6.20 Å². The van der Waals surface area contributed by atoms with Gasteiger partial charge in [-0.05, 0) is 44.4 Å². The average Bonchev–Trinajstić information content (AvgIpc) is 2.41. The summed E-state index contributed by atoms with van der Waals surface area (Å²) in [6, 6.07) is 0. The third-order valence-electron chi connectivity index (χ3n) is 4.49. The molecule has 0 aromatic carbocycles. The lowest BCUT2D eigenvalue weighted by Crippen LogP contribution is -2.39. The van der Waals surface area contributed by atoms with Crippen molar-refractivity contribution >= 4 is 5.97 Å². The van der Waals surface area contributed by atoms with Gasteiger partial charge in [0.1, 0.15) is 0 Å². The van der Waals surface area contributed by atoms with E-state index in [1.807, 2.05) is 0 Å². The van der Waals surface area contributed by atoms with Gasteiger partial charge < -0.3 is 5.11 Å². The minimum atomic E-state index is -0.920. The van der Waals surface area contributed by atoms with Crippen molar-refractivity contribution in [3.63, 3.8) is 0 Å². The predicted octanol–water partition coefficient (Wildman–Crippen LogP) is 2.20. The van der Waals surface area contributed by atoms with Gasteiger partial charge in [-0.15, -0.1) is 0 Å². The molecule has 3 aliphatic carbocycles. The first-order chi connectivity index (χ1) is 8.21. The topological polar surface area (TPSA) is 63.1 Å². The summed E-state index contributed by atoms with van der Waals surface area (Å²) in [6.07, 6.45) is 10.8. The van der Waals surface area contributed by atoms with Crippen LogP contribution in [-0.2, 0) is 5.41 Å². The molecule has 0 amide bonds. The molecule has 4 heteroatoms. The first-order valence-electron chi connectivity index (χ1n) is 6.18. The van der Waals surface area contributed by atoms with Crippen LogP contribution in [0.1, 0.15) is 54.6 Å². The number of hydrogen-bond donors (Lipinski definition) is 1. The van der Waals surface area contributed by atoms with Crippen molar-refractivity contribution in [3.8, 4) is 0 Å². The first kappa shape index (κ1) is 10.7. The minimum absolute atomic E-state index is 0.0120. The van der Waals surface area contributed by atoms with E-state index in [-0.39, 0.29) is 11.0 Å². The Kier molecular flexibility index (Phi) is 2.38. The molecule has 0 aliphatic heterocycles. The van der Waals surface area contributed by atoms with E-state index in [4.69, 9.17) is 0 Å². The Labute approximate surface area is 100 Å². The zero-order chi connectivity index (χ0) is 11.9. The summed E-state index contributed by atoms with van der Waals surface area (Å²) in [5.41, 5.74) is 0.976. The van der Waals surface area contributed by atoms with E-state index in [0.29, 0.717) is 0 Å². The molecule has 2 bridgehead atoms. The molecule has 1 N–H and O–H groups in total. The Morgan fingerprint density at radius 3 is 2.59 bits per heavy atom. The second-order valence-electron chi connectivity index (χ2n) is 5.30. The molecule has 1 aromatic heterocycles. The van der Waals surface area contributed by atoms with Crippen molar-refractivity contribution in [2.75, 3.05) is 0 Å². The van der Waals surface area contributed by atoms with Crippen molar-refractivity contribution in [2.45, 2.75) is 43.9 Å². The standard InChI is InChI=1S/C13H15N2O2/c16-12(17)10-7-14-8-15-11(10)13-4-1-9(2-5-13)3-6-13/h7,9H,1-6H2,(H,16,17). The van der Waals surface area contributed by atoms with Crippen molar-refractivity contribution in [1.82, 2.24) is 9.97 Å². The molecule has 3 saturated carbocycles. The third-order valence-corrected chi connectivity index (χ3v) is 4.49. The second-order valence-corrected chi connectivity index (χ2v) is 5.30. The van der Waals surface area contributed by atoms with Crippen LogP contribution in [0.3, 0.4) is 0 Å². The van der Waals surface area contributed by atoms with Crippen molar-refractivity contribution < 1.29 is 9.90 Å². The fourth-order valence-electron chi connectivity index (χ4n) is 3.46.